The van der Waals surface area contributed by atoms with Crippen LogP contribution in [0.1, 0.15) is 52.5 Å². The first-order valence-electron chi connectivity index (χ1n) is 14.3. The molecule has 0 bridgehead atoms. The number of pyridine rings is 1. The van der Waals surface area contributed by atoms with Crippen molar-refractivity contribution in [3.63, 3.8) is 0 Å². The van der Waals surface area contributed by atoms with Crippen LogP contribution >= 0.6 is 0 Å². The van der Waals surface area contributed by atoms with Crippen LogP contribution in [0.2, 0.25) is 0 Å². The highest BCUT2D eigenvalue weighted by molar-refractivity contribution is 5.81. The lowest BCUT2D eigenvalue weighted by Gasteiger charge is -2.37. The van der Waals surface area contributed by atoms with Gasteiger partial charge in [-0.25, -0.2) is 4.68 Å². The van der Waals surface area contributed by atoms with Crippen molar-refractivity contribution in [2.75, 3.05) is 20.2 Å². The normalized spacial score (nSPS) is 15.3. The molecule has 1 aliphatic heterocycles. The summed E-state index contributed by atoms with van der Waals surface area (Å²) in [5.41, 5.74) is 6.20. The fourth-order valence-electron chi connectivity index (χ4n) is 5.98. The van der Waals surface area contributed by atoms with Crippen molar-refractivity contribution >= 4 is 10.9 Å². The van der Waals surface area contributed by atoms with E-state index < -0.39 is 0 Å². The van der Waals surface area contributed by atoms with Crippen LogP contribution in [-0.4, -0.2) is 50.3 Å². The summed E-state index contributed by atoms with van der Waals surface area (Å²) in [5.74, 6) is 2.08. The number of nitrogens with one attached hydrogen (secondary N) is 1. The van der Waals surface area contributed by atoms with Crippen molar-refractivity contribution in [2.24, 2.45) is 5.92 Å². The summed E-state index contributed by atoms with van der Waals surface area (Å²) >= 11 is 0. The Morgan fingerprint density at radius 2 is 1.68 bits per heavy atom. The molecular formula is C33H36N6O2. The van der Waals surface area contributed by atoms with E-state index >= 15 is 0 Å². The van der Waals surface area contributed by atoms with Gasteiger partial charge in [-0.2, -0.15) is 0 Å². The predicted octanol–water partition coefficient (Wildman–Crippen LogP) is 5.23. The maximum absolute atomic E-state index is 13.7. The number of nitrogens with zero attached hydrogens (tertiary/aromatic N) is 5. The molecule has 0 saturated carbocycles. The summed E-state index contributed by atoms with van der Waals surface area (Å²) in [6.45, 7) is 6.39. The van der Waals surface area contributed by atoms with Crippen LogP contribution in [0.5, 0.6) is 5.75 Å². The first kappa shape index (κ1) is 26.9. The van der Waals surface area contributed by atoms with Gasteiger partial charge in [-0.3, -0.25) is 9.69 Å². The second kappa shape index (κ2) is 11.7. The number of rotatable bonds is 8. The van der Waals surface area contributed by atoms with E-state index in [1.165, 1.54) is 11.1 Å². The molecule has 1 N–H and O–H groups in total. The van der Waals surface area contributed by atoms with E-state index in [-0.39, 0.29) is 11.6 Å². The molecule has 5 aromatic rings. The molecule has 41 heavy (non-hydrogen) atoms. The smallest absolute Gasteiger partial charge is 0.253 e. The van der Waals surface area contributed by atoms with Crippen LogP contribution in [-0.2, 0) is 13.0 Å². The van der Waals surface area contributed by atoms with Crippen LogP contribution in [0.3, 0.4) is 0 Å². The summed E-state index contributed by atoms with van der Waals surface area (Å²) in [6.07, 6.45) is 3.17. The van der Waals surface area contributed by atoms with Crippen LogP contribution in [0.15, 0.2) is 77.6 Å². The number of aromatic amines is 1. The van der Waals surface area contributed by atoms with E-state index in [0.29, 0.717) is 23.9 Å². The Kier molecular flexibility index (Phi) is 7.65. The van der Waals surface area contributed by atoms with Crippen LogP contribution in [0.25, 0.3) is 10.9 Å². The van der Waals surface area contributed by atoms with Gasteiger partial charge in [-0.05, 0) is 121 Å². The van der Waals surface area contributed by atoms with Crippen molar-refractivity contribution in [3.05, 3.63) is 117 Å². The maximum atomic E-state index is 13.7. The Bertz CT molecular complexity index is 1690. The zero-order valence-corrected chi connectivity index (χ0v) is 23.9. The van der Waals surface area contributed by atoms with Crippen molar-refractivity contribution in [1.29, 1.82) is 0 Å². The lowest BCUT2D eigenvalue weighted by Crippen LogP contribution is -2.41. The average Bonchev–Trinajstić information content (AvgIpc) is 3.44. The van der Waals surface area contributed by atoms with E-state index in [9.17, 15) is 4.79 Å². The third-order valence-corrected chi connectivity index (χ3v) is 8.46. The highest BCUT2D eigenvalue weighted by atomic mass is 16.5. The molecule has 0 amide bonds. The van der Waals surface area contributed by atoms with Crippen LogP contribution in [0, 0.1) is 19.8 Å². The first-order chi connectivity index (χ1) is 20.0. The van der Waals surface area contributed by atoms with Gasteiger partial charge in [0.2, 0.25) is 0 Å². The SMILES string of the molecule is COc1ccc(Cn2nnnc2[C@H](c2cc3cc(C)c(C)cc3[nH]c2=O)N2CCC(Cc3ccccc3)CC2)cc1. The second-order valence-corrected chi connectivity index (χ2v) is 11.2. The molecule has 0 aliphatic carbocycles. The number of methoxy groups -OCH3 is 1. The van der Waals surface area contributed by atoms with Gasteiger partial charge in [-0.1, -0.05) is 42.5 Å². The zero-order chi connectivity index (χ0) is 28.3. The molecule has 0 spiro atoms. The minimum Gasteiger partial charge on any atom is -0.497 e. The van der Waals surface area contributed by atoms with Crippen molar-refractivity contribution < 1.29 is 4.74 Å². The van der Waals surface area contributed by atoms with Crippen molar-refractivity contribution in [3.8, 4) is 5.75 Å². The minimum atomic E-state index is -0.365. The lowest BCUT2D eigenvalue weighted by atomic mass is 9.89. The van der Waals surface area contributed by atoms with Crippen molar-refractivity contribution in [2.45, 2.75) is 45.7 Å². The Labute approximate surface area is 240 Å². The number of likely N-dealkylation sites (tertiary alicyclic amines) is 1. The molecule has 1 aliphatic rings. The number of tetrazole rings is 1. The Hall–Kier alpha value is -4.30. The highest BCUT2D eigenvalue weighted by Crippen LogP contribution is 2.32. The number of H-pyrrole nitrogens is 1. The van der Waals surface area contributed by atoms with Gasteiger partial charge >= 0.3 is 0 Å². The van der Waals surface area contributed by atoms with Gasteiger partial charge in [-0.15, -0.1) is 5.10 Å². The number of ether oxygens (including phenoxy) is 1. The summed E-state index contributed by atoms with van der Waals surface area (Å²) in [6, 6.07) is 24.5. The quantitative estimate of drug-likeness (QED) is 0.286. The van der Waals surface area contributed by atoms with E-state index in [1.54, 1.807) is 7.11 Å². The fraction of sp³-hybridized carbons (Fsp3) is 0.333. The molecule has 3 aromatic carbocycles. The fourth-order valence-corrected chi connectivity index (χ4v) is 5.98. The molecule has 8 nitrogen and oxygen atoms in total. The average molecular weight is 549 g/mol. The van der Waals surface area contributed by atoms with E-state index in [0.717, 1.165) is 60.1 Å². The minimum absolute atomic E-state index is 0.101. The molecule has 3 heterocycles. The molecule has 1 atom stereocenters. The topological polar surface area (TPSA) is 88.9 Å². The lowest BCUT2D eigenvalue weighted by molar-refractivity contribution is 0.143. The molecule has 1 fully saturated rings. The molecule has 8 heteroatoms. The van der Waals surface area contributed by atoms with E-state index in [4.69, 9.17) is 4.74 Å². The van der Waals surface area contributed by atoms with Crippen LogP contribution in [0.4, 0.5) is 0 Å². The zero-order valence-electron chi connectivity index (χ0n) is 23.9. The van der Waals surface area contributed by atoms with Crippen LogP contribution < -0.4 is 10.3 Å². The largest absolute Gasteiger partial charge is 0.497 e. The monoisotopic (exact) mass is 548 g/mol. The van der Waals surface area contributed by atoms with Gasteiger partial charge in [0.25, 0.3) is 5.56 Å². The Morgan fingerprint density at radius 3 is 2.41 bits per heavy atom. The van der Waals surface area contributed by atoms with E-state index in [1.807, 2.05) is 41.1 Å². The number of fused-ring (bicyclic) bond motifs is 1. The van der Waals surface area contributed by atoms with Gasteiger partial charge in [0, 0.05) is 11.1 Å². The number of aromatic nitrogens is 5. The molecular weight excluding hydrogens is 512 g/mol. The Morgan fingerprint density at radius 1 is 0.951 bits per heavy atom. The van der Waals surface area contributed by atoms with Crippen molar-refractivity contribution in [1.82, 2.24) is 30.1 Å². The summed E-state index contributed by atoms with van der Waals surface area (Å²) < 4.78 is 7.15. The number of aryl methyl sites for hydroxylation is 2. The number of benzene rings is 3. The number of piperidine rings is 1. The van der Waals surface area contributed by atoms with E-state index in [2.05, 4.69) is 75.7 Å². The number of hydrogen-bond acceptors (Lipinski definition) is 6. The van der Waals surface area contributed by atoms with Gasteiger partial charge in [0.05, 0.1) is 13.7 Å². The molecule has 210 valence electrons. The predicted molar refractivity (Wildman–Crippen MR) is 160 cm³/mol. The Balaban J connectivity index is 1.35. The van der Waals surface area contributed by atoms with Gasteiger partial charge in [0.1, 0.15) is 11.8 Å². The standard InChI is InChI=1S/C33H36N6O2/c1-22-17-27-20-29(33(40)34-30(27)18-23(22)2)31(38-15-13-25(14-16-38)19-24-7-5-4-6-8-24)32-35-36-37-39(32)21-26-9-11-28(41-3)12-10-26/h4-12,17-18,20,25,31H,13-16,19,21H2,1-3H3,(H,34,40)/t31-/m0/s1. The third-order valence-electron chi connectivity index (χ3n) is 8.46. The number of hydrogen-bond donors (Lipinski definition) is 1. The third kappa shape index (κ3) is 5.79. The summed E-state index contributed by atoms with van der Waals surface area (Å²) in [4.78, 5) is 19.2. The molecule has 2 aromatic heterocycles. The molecule has 0 radical (unpaired) electrons. The molecule has 0 unspecified atom stereocenters. The molecule has 1 saturated heterocycles. The molecule has 6 rings (SSSR count). The highest BCUT2D eigenvalue weighted by Gasteiger charge is 2.33. The summed E-state index contributed by atoms with van der Waals surface area (Å²) in [7, 11) is 1.66. The summed E-state index contributed by atoms with van der Waals surface area (Å²) in [5, 5.41) is 14.0. The van der Waals surface area contributed by atoms with Gasteiger partial charge < -0.3 is 9.72 Å². The second-order valence-electron chi connectivity index (χ2n) is 11.2. The first-order valence-corrected chi connectivity index (χ1v) is 14.3. The van der Waals surface area contributed by atoms with Gasteiger partial charge in [0.15, 0.2) is 5.82 Å². The maximum Gasteiger partial charge on any atom is 0.253 e.